The predicted octanol–water partition coefficient (Wildman–Crippen LogP) is 1.93. The smallest absolute Gasteiger partial charge is 0.223 e. The number of benzene rings is 1. The highest BCUT2D eigenvalue weighted by atomic mass is 19.1. The molecule has 0 atom stereocenters. The molecule has 4 N–H and O–H groups in total. The van der Waals surface area contributed by atoms with Gasteiger partial charge in [0.05, 0.1) is 0 Å². The Balaban J connectivity index is 1.48. The van der Waals surface area contributed by atoms with E-state index in [4.69, 9.17) is 0 Å². The summed E-state index contributed by atoms with van der Waals surface area (Å²) in [7, 11) is 0. The van der Waals surface area contributed by atoms with Crippen molar-refractivity contribution in [1.82, 2.24) is 20.9 Å². The van der Waals surface area contributed by atoms with Gasteiger partial charge in [-0.2, -0.15) is 0 Å². The number of aromatic nitrogens is 1. The normalized spacial score (nSPS) is 14.5. The van der Waals surface area contributed by atoms with Gasteiger partial charge in [0.1, 0.15) is 5.82 Å². The van der Waals surface area contributed by atoms with Crippen LogP contribution in [0.1, 0.15) is 25.3 Å². The van der Waals surface area contributed by atoms with Gasteiger partial charge in [-0.05, 0) is 49.9 Å². The summed E-state index contributed by atoms with van der Waals surface area (Å²) in [5.41, 5.74) is 1.98. The SMILES string of the molecule is CCNC(=NCCc1c[nH]c2ccc(F)cc12)NCCNC(=O)C1CC1. The van der Waals surface area contributed by atoms with Crippen molar-refractivity contribution in [3.63, 3.8) is 0 Å². The molecule has 0 bridgehead atoms. The molecule has 1 saturated carbocycles. The van der Waals surface area contributed by atoms with Crippen LogP contribution in [-0.2, 0) is 11.2 Å². The van der Waals surface area contributed by atoms with E-state index in [1.165, 1.54) is 6.07 Å². The molecule has 0 unspecified atom stereocenters. The maximum absolute atomic E-state index is 13.4. The lowest BCUT2D eigenvalue weighted by Crippen LogP contribution is -2.41. The first-order chi connectivity index (χ1) is 12.7. The highest BCUT2D eigenvalue weighted by Gasteiger charge is 2.28. The second kappa shape index (κ2) is 8.69. The van der Waals surface area contributed by atoms with Crippen molar-refractivity contribution < 1.29 is 9.18 Å². The summed E-state index contributed by atoms with van der Waals surface area (Å²) in [5.74, 6) is 0.877. The van der Waals surface area contributed by atoms with Crippen LogP contribution < -0.4 is 16.0 Å². The number of fused-ring (bicyclic) bond motifs is 1. The Kier molecular flexibility index (Phi) is 6.09. The van der Waals surface area contributed by atoms with E-state index in [0.29, 0.717) is 19.6 Å². The molecule has 6 nitrogen and oxygen atoms in total. The van der Waals surface area contributed by atoms with Gasteiger partial charge < -0.3 is 20.9 Å². The Labute approximate surface area is 152 Å². The summed E-state index contributed by atoms with van der Waals surface area (Å²) >= 11 is 0. The van der Waals surface area contributed by atoms with Crippen molar-refractivity contribution in [2.24, 2.45) is 10.9 Å². The molecule has 3 rings (SSSR count). The van der Waals surface area contributed by atoms with Crippen LogP contribution in [-0.4, -0.2) is 43.0 Å². The highest BCUT2D eigenvalue weighted by Crippen LogP contribution is 2.28. The number of carbonyl (C=O) groups excluding carboxylic acids is 1. The minimum Gasteiger partial charge on any atom is -0.361 e. The molecule has 2 aromatic rings. The summed E-state index contributed by atoms with van der Waals surface area (Å²) in [6.45, 7) is 4.57. The number of hydrogen-bond donors (Lipinski definition) is 4. The van der Waals surface area contributed by atoms with Gasteiger partial charge in [-0.15, -0.1) is 0 Å². The highest BCUT2D eigenvalue weighted by molar-refractivity contribution is 5.83. The zero-order valence-electron chi connectivity index (χ0n) is 15.1. The van der Waals surface area contributed by atoms with Gasteiger partial charge in [0.25, 0.3) is 0 Å². The van der Waals surface area contributed by atoms with Crippen LogP contribution in [0.3, 0.4) is 0 Å². The standard InChI is InChI=1S/C19H26FN5O/c1-2-21-19(24-10-9-22-18(26)13-3-4-13)23-8-7-14-12-25-17-6-5-15(20)11-16(14)17/h5-6,11-13,25H,2-4,7-10H2,1H3,(H,22,26)(H2,21,23,24). The van der Waals surface area contributed by atoms with Crippen molar-refractivity contribution in [3.05, 3.63) is 35.8 Å². The number of aliphatic imine (C=N–C) groups is 1. The zero-order valence-corrected chi connectivity index (χ0v) is 15.1. The molecule has 0 saturated heterocycles. The fraction of sp³-hybridized carbons (Fsp3) is 0.474. The van der Waals surface area contributed by atoms with Crippen molar-refractivity contribution >= 4 is 22.8 Å². The molecule has 1 aliphatic rings. The molecule has 0 aliphatic heterocycles. The maximum Gasteiger partial charge on any atom is 0.223 e. The van der Waals surface area contributed by atoms with Crippen LogP contribution in [0.2, 0.25) is 0 Å². The number of nitrogens with zero attached hydrogens (tertiary/aromatic N) is 1. The summed E-state index contributed by atoms with van der Waals surface area (Å²) in [6.07, 6.45) is 4.66. The monoisotopic (exact) mass is 359 g/mol. The lowest BCUT2D eigenvalue weighted by atomic mass is 10.1. The topological polar surface area (TPSA) is 81.3 Å². The van der Waals surface area contributed by atoms with E-state index in [0.717, 1.165) is 48.2 Å². The average molecular weight is 359 g/mol. The number of hydrogen-bond acceptors (Lipinski definition) is 2. The Morgan fingerprint density at radius 3 is 2.85 bits per heavy atom. The van der Waals surface area contributed by atoms with Crippen molar-refractivity contribution in [2.45, 2.75) is 26.2 Å². The van der Waals surface area contributed by atoms with Crippen LogP contribution in [0.4, 0.5) is 4.39 Å². The summed E-state index contributed by atoms with van der Waals surface area (Å²) < 4.78 is 13.4. The number of aromatic amines is 1. The molecule has 0 radical (unpaired) electrons. The second-order valence-corrected chi connectivity index (χ2v) is 6.51. The molecule has 140 valence electrons. The third-order valence-corrected chi connectivity index (χ3v) is 4.39. The number of nitrogens with one attached hydrogen (secondary N) is 4. The molecule has 26 heavy (non-hydrogen) atoms. The van der Waals surface area contributed by atoms with E-state index < -0.39 is 0 Å². The molecule has 1 aliphatic carbocycles. The van der Waals surface area contributed by atoms with Gasteiger partial charge in [-0.25, -0.2) is 4.39 Å². The van der Waals surface area contributed by atoms with E-state index >= 15 is 0 Å². The van der Waals surface area contributed by atoms with Gasteiger partial charge in [0.15, 0.2) is 5.96 Å². The Hall–Kier alpha value is -2.57. The lowest BCUT2D eigenvalue weighted by Gasteiger charge is -2.11. The largest absolute Gasteiger partial charge is 0.361 e. The van der Waals surface area contributed by atoms with Crippen LogP contribution in [0.25, 0.3) is 10.9 Å². The van der Waals surface area contributed by atoms with E-state index in [2.05, 4.69) is 25.9 Å². The molecule has 7 heteroatoms. The number of guanidine groups is 1. The predicted molar refractivity (Wildman–Crippen MR) is 102 cm³/mol. The van der Waals surface area contributed by atoms with Crippen molar-refractivity contribution in [1.29, 1.82) is 0 Å². The first-order valence-electron chi connectivity index (χ1n) is 9.22. The van der Waals surface area contributed by atoms with Gasteiger partial charge >= 0.3 is 0 Å². The molecule has 1 heterocycles. The Bertz CT molecular complexity index is 781. The molecule has 1 aromatic carbocycles. The van der Waals surface area contributed by atoms with Crippen LogP contribution >= 0.6 is 0 Å². The Morgan fingerprint density at radius 2 is 2.08 bits per heavy atom. The molecular weight excluding hydrogens is 333 g/mol. The van der Waals surface area contributed by atoms with Gasteiger partial charge in [0, 0.05) is 49.2 Å². The number of carbonyl (C=O) groups is 1. The van der Waals surface area contributed by atoms with Crippen LogP contribution in [0.5, 0.6) is 0 Å². The number of rotatable bonds is 8. The molecule has 1 amide bonds. The van der Waals surface area contributed by atoms with E-state index in [1.54, 1.807) is 12.1 Å². The summed E-state index contributed by atoms with van der Waals surface area (Å²) in [4.78, 5) is 19.3. The summed E-state index contributed by atoms with van der Waals surface area (Å²) in [5, 5.41) is 10.2. The van der Waals surface area contributed by atoms with E-state index in [1.807, 2.05) is 13.1 Å². The van der Waals surface area contributed by atoms with Gasteiger partial charge in [-0.1, -0.05) is 0 Å². The average Bonchev–Trinajstić information content (AvgIpc) is 3.41. The number of H-pyrrole nitrogens is 1. The lowest BCUT2D eigenvalue weighted by molar-refractivity contribution is -0.122. The Morgan fingerprint density at radius 1 is 1.27 bits per heavy atom. The molecule has 1 aromatic heterocycles. The second-order valence-electron chi connectivity index (χ2n) is 6.51. The van der Waals surface area contributed by atoms with Gasteiger partial charge in [-0.3, -0.25) is 9.79 Å². The first-order valence-corrected chi connectivity index (χ1v) is 9.22. The third kappa shape index (κ3) is 4.97. The summed E-state index contributed by atoms with van der Waals surface area (Å²) in [6, 6.07) is 4.76. The molecular formula is C19H26FN5O. The van der Waals surface area contributed by atoms with E-state index in [-0.39, 0.29) is 17.6 Å². The number of amides is 1. The first kappa shape index (κ1) is 18.2. The van der Waals surface area contributed by atoms with Crippen LogP contribution in [0.15, 0.2) is 29.4 Å². The number of halogens is 1. The minimum absolute atomic E-state index is 0.153. The fourth-order valence-electron chi connectivity index (χ4n) is 2.84. The molecule has 1 fully saturated rings. The third-order valence-electron chi connectivity index (χ3n) is 4.39. The maximum atomic E-state index is 13.4. The van der Waals surface area contributed by atoms with E-state index in [9.17, 15) is 9.18 Å². The van der Waals surface area contributed by atoms with Crippen molar-refractivity contribution in [3.8, 4) is 0 Å². The fourth-order valence-corrected chi connectivity index (χ4v) is 2.84. The van der Waals surface area contributed by atoms with Crippen molar-refractivity contribution in [2.75, 3.05) is 26.2 Å². The van der Waals surface area contributed by atoms with Crippen LogP contribution in [0, 0.1) is 11.7 Å². The minimum atomic E-state index is -0.231. The zero-order chi connectivity index (χ0) is 18.4. The molecule has 0 spiro atoms. The quantitative estimate of drug-likeness (QED) is 0.330. The van der Waals surface area contributed by atoms with Gasteiger partial charge in [0.2, 0.25) is 5.91 Å².